The first-order valence-electron chi connectivity index (χ1n) is 8.25. The van der Waals surface area contributed by atoms with Crippen LogP contribution in [0.1, 0.15) is 44.9 Å². The fraction of sp³-hybridized carbons (Fsp3) is 0.588. The smallest absolute Gasteiger partial charge is 0.267 e. The molecular formula is C17H21N3O2. The number of carbonyl (C=O) groups excluding carboxylic acids is 1. The van der Waals surface area contributed by atoms with Gasteiger partial charge in [0.15, 0.2) is 0 Å². The highest BCUT2D eigenvalue weighted by molar-refractivity contribution is 5.77. The van der Waals surface area contributed by atoms with E-state index in [0.29, 0.717) is 12.1 Å². The largest absolute Gasteiger partial charge is 0.334 e. The van der Waals surface area contributed by atoms with Crippen molar-refractivity contribution in [3.63, 3.8) is 0 Å². The zero-order chi connectivity index (χ0) is 15.1. The third-order valence-corrected chi connectivity index (χ3v) is 5.40. The van der Waals surface area contributed by atoms with E-state index in [1.807, 2.05) is 4.90 Å². The molecule has 5 heteroatoms. The van der Waals surface area contributed by atoms with E-state index in [-0.39, 0.29) is 18.0 Å². The molecule has 1 aliphatic carbocycles. The van der Waals surface area contributed by atoms with Gasteiger partial charge in [-0.05, 0) is 51.0 Å². The fourth-order valence-electron chi connectivity index (χ4n) is 4.13. The van der Waals surface area contributed by atoms with Crippen molar-refractivity contribution < 1.29 is 4.79 Å². The highest BCUT2D eigenvalue weighted by Gasteiger charge is 2.42. The van der Waals surface area contributed by atoms with Crippen LogP contribution in [-0.2, 0) is 11.3 Å². The lowest BCUT2D eigenvalue weighted by Crippen LogP contribution is -2.47. The van der Waals surface area contributed by atoms with Gasteiger partial charge in [-0.25, -0.2) is 4.68 Å². The molecule has 1 saturated carbocycles. The maximum atomic E-state index is 12.7. The first-order chi connectivity index (χ1) is 10.7. The average Bonchev–Trinajstić information content (AvgIpc) is 2.71. The topological polar surface area (TPSA) is 55.2 Å². The second-order valence-corrected chi connectivity index (χ2v) is 6.67. The molecule has 0 aromatic carbocycles. The lowest BCUT2D eigenvalue weighted by molar-refractivity contribution is -0.135. The van der Waals surface area contributed by atoms with Crippen molar-refractivity contribution in [3.05, 3.63) is 39.8 Å². The third kappa shape index (κ3) is 2.28. The Morgan fingerprint density at radius 3 is 2.50 bits per heavy atom. The van der Waals surface area contributed by atoms with E-state index >= 15 is 0 Å². The van der Waals surface area contributed by atoms with Crippen molar-refractivity contribution in [3.8, 4) is 0 Å². The van der Waals surface area contributed by atoms with Gasteiger partial charge >= 0.3 is 0 Å². The molecule has 22 heavy (non-hydrogen) atoms. The molecule has 0 N–H and O–H groups in total. The minimum atomic E-state index is -0.211. The minimum Gasteiger partial charge on any atom is -0.334 e. The number of piperidine rings is 1. The van der Waals surface area contributed by atoms with Gasteiger partial charge in [-0.3, -0.25) is 9.59 Å². The Morgan fingerprint density at radius 1 is 1.18 bits per heavy atom. The van der Waals surface area contributed by atoms with Gasteiger partial charge in [0.2, 0.25) is 5.91 Å². The average molecular weight is 299 g/mol. The highest BCUT2D eigenvalue weighted by atomic mass is 16.2. The molecule has 2 unspecified atom stereocenters. The molecule has 2 aliphatic heterocycles. The number of hydrogen-bond acceptors (Lipinski definition) is 3. The second-order valence-electron chi connectivity index (χ2n) is 6.67. The summed E-state index contributed by atoms with van der Waals surface area (Å²) in [6.07, 6.45) is 9.73. The van der Waals surface area contributed by atoms with Crippen LogP contribution in [0.3, 0.4) is 0 Å². The van der Waals surface area contributed by atoms with Crippen LogP contribution in [0.4, 0.5) is 0 Å². The standard InChI is InChI=1S/C17H21N3O2/c21-16-5-2-8-18-19(16)11-17(22)20-14-6-7-15(20)10-13(9-14)12-3-1-4-12/h2,5,8,14-15H,1,3-4,6-7,9-11H2. The van der Waals surface area contributed by atoms with Gasteiger partial charge in [0.05, 0.1) is 0 Å². The van der Waals surface area contributed by atoms with Gasteiger partial charge in [-0.2, -0.15) is 5.10 Å². The van der Waals surface area contributed by atoms with Gasteiger partial charge in [-0.15, -0.1) is 0 Å². The number of nitrogens with zero attached hydrogens (tertiary/aromatic N) is 3. The predicted octanol–water partition coefficient (Wildman–Crippen LogP) is 1.88. The summed E-state index contributed by atoms with van der Waals surface area (Å²) in [5.41, 5.74) is 3.07. The normalized spacial score (nSPS) is 27.0. The number of aromatic nitrogens is 2. The Morgan fingerprint density at radius 2 is 1.91 bits per heavy atom. The lowest BCUT2D eigenvalue weighted by Gasteiger charge is -2.38. The third-order valence-electron chi connectivity index (χ3n) is 5.40. The molecule has 3 heterocycles. The van der Waals surface area contributed by atoms with E-state index in [0.717, 1.165) is 25.7 Å². The quantitative estimate of drug-likeness (QED) is 0.784. The van der Waals surface area contributed by atoms with Gasteiger partial charge in [0.25, 0.3) is 5.56 Å². The predicted molar refractivity (Wildman–Crippen MR) is 82.3 cm³/mol. The molecule has 0 spiro atoms. The first-order valence-corrected chi connectivity index (χ1v) is 8.25. The van der Waals surface area contributed by atoms with Crippen molar-refractivity contribution in [2.24, 2.45) is 0 Å². The van der Waals surface area contributed by atoms with E-state index in [4.69, 9.17) is 0 Å². The van der Waals surface area contributed by atoms with Crippen molar-refractivity contribution in [2.45, 2.75) is 63.6 Å². The molecule has 116 valence electrons. The van der Waals surface area contributed by atoms with Gasteiger partial charge in [0.1, 0.15) is 6.54 Å². The van der Waals surface area contributed by atoms with Crippen molar-refractivity contribution in [1.82, 2.24) is 14.7 Å². The molecule has 1 aromatic heterocycles. The highest BCUT2D eigenvalue weighted by Crippen LogP contribution is 2.43. The van der Waals surface area contributed by atoms with E-state index in [9.17, 15) is 9.59 Å². The van der Waals surface area contributed by atoms with E-state index < -0.39 is 0 Å². The molecule has 2 bridgehead atoms. The van der Waals surface area contributed by atoms with Crippen LogP contribution in [0.25, 0.3) is 0 Å². The van der Waals surface area contributed by atoms with Crippen LogP contribution in [0.5, 0.6) is 0 Å². The van der Waals surface area contributed by atoms with E-state index in [2.05, 4.69) is 5.10 Å². The Kier molecular flexibility index (Phi) is 3.36. The molecule has 2 saturated heterocycles. The number of allylic oxidation sites excluding steroid dienone is 1. The van der Waals surface area contributed by atoms with Gasteiger partial charge < -0.3 is 4.90 Å². The van der Waals surface area contributed by atoms with Crippen LogP contribution in [0.15, 0.2) is 34.3 Å². The maximum Gasteiger partial charge on any atom is 0.267 e. The SMILES string of the molecule is O=C(Cn1ncccc1=O)N1C2CCC1CC(=C1CCC1)C2. The monoisotopic (exact) mass is 299 g/mol. The summed E-state index contributed by atoms with van der Waals surface area (Å²) in [6.45, 7) is 0.0680. The Balaban J connectivity index is 1.51. The molecule has 4 rings (SSSR count). The van der Waals surface area contributed by atoms with Crippen LogP contribution in [0.2, 0.25) is 0 Å². The molecule has 1 aromatic rings. The van der Waals surface area contributed by atoms with Crippen LogP contribution >= 0.6 is 0 Å². The number of hydrogen-bond donors (Lipinski definition) is 0. The van der Waals surface area contributed by atoms with Gasteiger partial charge in [-0.1, -0.05) is 11.1 Å². The molecule has 5 nitrogen and oxygen atoms in total. The lowest BCUT2D eigenvalue weighted by atomic mass is 9.82. The first kappa shape index (κ1) is 13.7. The molecule has 3 aliphatic rings. The Bertz CT molecular complexity index is 669. The number of carbonyl (C=O) groups is 1. The Hall–Kier alpha value is -1.91. The van der Waals surface area contributed by atoms with E-state index in [1.54, 1.807) is 23.4 Å². The molecule has 1 amide bonds. The minimum absolute atomic E-state index is 0.0472. The Labute approximate surface area is 129 Å². The summed E-state index contributed by atoms with van der Waals surface area (Å²) in [5.74, 6) is 0.0472. The van der Waals surface area contributed by atoms with E-state index in [1.165, 1.54) is 30.0 Å². The zero-order valence-electron chi connectivity index (χ0n) is 12.7. The molecule has 3 fully saturated rings. The van der Waals surface area contributed by atoms with Crippen LogP contribution in [0, 0.1) is 0 Å². The van der Waals surface area contributed by atoms with Gasteiger partial charge in [0, 0.05) is 24.3 Å². The second kappa shape index (κ2) is 5.38. The maximum absolute atomic E-state index is 12.7. The molecule has 0 radical (unpaired) electrons. The number of rotatable bonds is 2. The number of fused-ring (bicyclic) bond motifs is 2. The summed E-state index contributed by atoms with van der Waals surface area (Å²) >= 11 is 0. The summed E-state index contributed by atoms with van der Waals surface area (Å²) < 4.78 is 1.27. The summed E-state index contributed by atoms with van der Waals surface area (Å²) in [5, 5.41) is 4.00. The fourth-order valence-corrected chi connectivity index (χ4v) is 4.13. The van der Waals surface area contributed by atoms with Crippen molar-refractivity contribution in [2.75, 3.05) is 0 Å². The molecule has 2 atom stereocenters. The zero-order valence-corrected chi connectivity index (χ0v) is 12.7. The summed E-state index contributed by atoms with van der Waals surface area (Å²) in [6, 6.07) is 3.73. The van der Waals surface area contributed by atoms with Crippen molar-refractivity contribution >= 4 is 5.91 Å². The van der Waals surface area contributed by atoms with Crippen LogP contribution in [-0.4, -0.2) is 32.7 Å². The summed E-state index contributed by atoms with van der Waals surface area (Å²) in [4.78, 5) is 26.4. The van der Waals surface area contributed by atoms with Crippen molar-refractivity contribution in [1.29, 1.82) is 0 Å². The number of amides is 1. The summed E-state index contributed by atoms with van der Waals surface area (Å²) in [7, 11) is 0. The van der Waals surface area contributed by atoms with Crippen LogP contribution < -0.4 is 5.56 Å². The molecular weight excluding hydrogens is 278 g/mol.